The van der Waals surface area contributed by atoms with Gasteiger partial charge >= 0.3 is 5.97 Å². The maximum Gasteiger partial charge on any atom is 0.337 e. The van der Waals surface area contributed by atoms with E-state index in [1.54, 1.807) is 18.2 Å². The van der Waals surface area contributed by atoms with E-state index in [0.29, 0.717) is 23.0 Å². The van der Waals surface area contributed by atoms with Crippen LogP contribution in [-0.4, -0.2) is 23.0 Å². The number of hydrogen-bond donors (Lipinski definition) is 2. The molecule has 2 N–H and O–H groups in total. The van der Waals surface area contributed by atoms with Gasteiger partial charge in [-0.3, -0.25) is 0 Å². The van der Waals surface area contributed by atoms with Crippen LogP contribution >= 0.6 is 0 Å². The first-order chi connectivity index (χ1) is 12.5. The highest BCUT2D eigenvalue weighted by molar-refractivity contribution is 5.90. The van der Waals surface area contributed by atoms with Crippen molar-refractivity contribution in [2.24, 2.45) is 0 Å². The van der Waals surface area contributed by atoms with Crippen LogP contribution in [0.1, 0.15) is 21.6 Å². The van der Waals surface area contributed by atoms with Gasteiger partial charge in [-0.25, -0.2) is 9.78 Å². The van der Waals surface area contributed by atoms with Gasteiger partial charge in [-0.05, 0) is 44.2 Å². The molecule has 0 atom stereocenters. The van der Waals surface area contributed by atoms with Crippen LogP contribution in [0.5, 0.6) is 0 Å². The zero-order valence-electron chi connectivity index (χ0n) is 14.9. The molecular weight excluding hydrogens is 328 g/mol. The lowest BCUT2D eigenvalue weighted by atomic mass is 10.2. The number of aromatic nitrogens is 2. The summed E-state index contributed by atoms with van der Waals surface area (Å²) < 4.78 is 4.75. The minimum absolute atomic E-state index is 0.388. The number of hydrogen-bond acceptors (Lipinski definition) is 6. The van der Waals surface area contributed by atoms with Crippen molar-refractivity contribution >= 4 is 29.1 Å². The molecule has 2 aromatic carbocycles. The van der Waals surface area contributed by atoms with Crippen LogP contribution in [0.15, 0.2) is 54.6 Å². The van der Waals surface area contributed by atoms with Crippen LogP contribution in [0.2, 0.25) is 0 Å². The molecule has 0 fully saturated rings. The third-order valence-corrected chi connectivity index (χ3v) is 3.72. The Morgan fingerprint density at radius 3 is 2.42 bits per heavy atom. The number of esters is 1. The summed E-state index contributed by atoms with van der Waals surface area (Å²) in [5.74, 6) is 0.746. The molecule has 3 aromatic rings. The second-order valence-corrected chi connectivity index (χ2v) is 5.91. The second kappa shape index (κ2) is 7.65. The summed E-state index contributed by atoms with van der Waals surface area (Å²) in [6, 6.07) is 16.9. The van der Waals surface area contributed by atoms with E-state index >= 15 is 0 Å². The Morgan fingerprint density at radius 2 is 1.69 bits per heavy atom. The van der Waals surface area contributed by atoms with E-state index in [2.05, 4.69) is 20.6 Å². The van der Waals surface area contributed by atoms with Crippen molar-refractivity contribution in [2.75, 3.05) is 17.7 Å². The highest BCUT2D eigenvalue weighted by atomic mass is 16.5. The summed E-state index contributed by atoms with van der Waals surface area (Å²) in [6.45, 7) is 3.95. The number of aryl methyl sites for hydroxylation is 2. The molecule has 0 spiro atoms. The summed E-state index contributed by atoms with van der Waals surface area (Å²) >= 11 is 0. The monoisotopic (exact) mass is 348 g/mol. The summed E-state index contributed by atoms with van der Waals surface area (Å²) in [5.41, 5.74) is 4.14. The summed E-state index contributed by atoms with van der Waals surface area (Å²) in [5, 5.41) is 6.40. The van der Waals surface area contributed by atoms with Crippen LogP contribution in [0.25, 0.3) is 0 Å². The van der Waals surface area contributed by atoms with Gasteiger partial charge in [0.05, 0.1) is 12.7 Å². The standard InChI is InChI=1S/C20H20N4O2/c1-13-7-9-16(10-8-13)22-18-11-14(2)21-20(24-18)23-17-6-4-5-15(12-17)19(25)26-3/h4-12H,1-3H3,(H2,21,22,23,24). The normalized spacial score (nSPS) is 10.3. The van der Waals surface area contributed by atoms with Gasteiger partial charge in [0.2, 0.25) is 5.95 Å². The number of carbonyl (C=O) groups is 1. The maximum absolute atomic E-state index is 11.7. The van der Waals surface area contributed by atoms with Crippen molar-refractivity contribution in [3.8, 4) is 0 Å². The smallest absolute Gasteiger partial charge is 0.337 e. The highest BCUT2D eigenvalue weighted by Gasteiger charge is 2.08. The van der Waals surface area contributed by atoms with Crippen molar-refractivity contribution in [1.29, 1.82) is 0 Å². The Kier molecular flexibility index (Phi) is 5.12. The third-order valence-electron chi connectivity index (χ3n) is 3.72. The molecule has 1 heterocycles. The molecule has 0 saturated heterocycles. The third kappa shape index (κ3) is 4.36. The average molecular weight is 348 g/mol. The van der Waals surface area contributed by atoms with E-state index in [4.69, 9.17) is 4.74 Å². The molecule has 0 bridgehead atoms. The zero-order chi connectivity index (χ0) is 18.5. The van der Waals surface area contributed by atoms with Crippen LogP contribution in [0.4, 0.5) is 23.1 Å². The van der Waals surface area contributed by atoms with Crippen LogP contribution < -0.4 is 10.6 Å². The molecule has 6 nitrogen and oxygen atoms in total. The van der Waals surface area contributed by atoms with Gasteiger partial charge in [0.15, 0.2) is 0 Å². The lowest BCUT2D eigenvalue weighted by molar-refractivity contribution is 0.0601. The molecule has 6 heteroatoms. The number of ether oxygens (including phenoxy) is 1. The number of benzene rings is 2. The minimum atomic E-state index is -0.388. The van der Waals surface area contributed by atoms with E-state index in [0.717, 1.165) is 11.4 Å². The SMILES string of the molecule is COC(=O)c1cccc(Nc2nc(C)cc(Nc3ccc(C)cc3)n2)c1. The van der Waals surface area contributed by atoms with Crippen LogP contribution in [-0.2, 0) is 4.74 Å². The van der Waals surface area contributed by atoms with Crippen molar-refractivity contribution in [2.45, 2.75) is 13.8 Å². The largest absolute Gasteiger partial charge is 0.465 e. The van der Waals surface area contributed by atoms with Gasteiger partial charge in [-0.15, -0.1) is 0 Å². The van der Waals surface area contributed by atoms with Crippen LogP contribution in [0, 0.1) is 13.8 Å². The number of nitrogens with zero attached hydrogens (tertiary/aromatic N) is 2. The molecule has 0 aliphatic heterocycles. The Balaban J connectivity index is 1.81. The van der Waals surface area contributed by atoms with Gasteiger partial charge in [0.1, 0.15) is 5.82 Å². The number of carbonyl (C=O) groups excluding carboxylic acids is 1. The molecule has 26 heavy (non-hydrogen) atoms. The quantitative estimate of drug-likeness (QED) is 0.667. The molecule has 0 amide bonds. The Labute approximate surface area is 152 Å². The maximum atomic E-state index is 11.7. The van der Waals surface area contributed by atoms with Crippen molar-refractivity contribution < 1.29 is 9.53 Å². The van der Waals surface area contributed by atoms with E-state index < -0.39 is 0 Å². The van der Waals surface area contributed by atoms with Gasteiger partial charge in [-0.2, -0.15) is 4.98 Å². The minimum Gasteiger partial charge on any atom is -0.465 e. The fraction of sp³-hybridized carbons (Fsp3) is 0.150. The fourth-order valence-corrected chi connectivity index (χ4v) is 2.44. The summed E-state index contributed by atoms with van der Waals surface area (Å²) in [4.78, 5) is 20.6. The number of nitrogens with one attached hydrogen (secondary N) is 2. The predicted molar refractivity (Wildman–Crippen MR) is 102 cm³/mol. The first kappa shape index (κ1) is 17.4. The zero-order valence-corrected chi connectivity index (χ0v) is 14.9. The van der Waals surface area contributed by atoms with Crippen molar-refractivity contribution in [3.63, 3.8) is 0 Å². The van der Waals surface area contributed by atoms with E-state index in [-0.39, 0.29) is 5.97 Å². The van der Waals surface area contributed by atoms with E-state index in [1.807, 2.05) is 50.2 Å². The molecular formula is C20H20N4O2. The molecule has 0 radical (unpaired) electrons. The van der Waals surface area contributed by atoms with Gasteiger partial charge in [-0.1, -0.05) is 23.8 Å². The molecule has 0 unspecified atom stereocenters. The first-order valence-electron chi connectivity index (χ1n) is 8.18. The second-order valence-electron chi connectivity index (χ2n) is 5.91. The van der Waals surface area contributed by atoms with Crippen LogP contribution in [0.3, 0.4) is 0 Å². The molecule has 0 aliphatic carbocycles. The molecule has 0 aliphatic rings. The summed E-state index contributed by atoms with van der Waals surface area (Å²) in [6.07, 6.45) is 0. The topological polar surface area (TPSA) is 76.1 Å². The Hall–Kier alpha value is -3.41. The average Bonchev–Trinajstić information content (AvgIpc) is 2.63. The Bertz CT molecular complexity index is 923. The molecule has 0 saturated carbocycles. The molecule has 1 aromatic heterocycles. The molecule has 132 valence electrons. The lowest BCUT2D eigenvalue weighted by Crippen LogP contribution is -2.04. The first-order valence-corrected chi connectivity index (χ1v) is 8.18. The van der Waals surface area contributed by atoms with Gasteiger partial charge in [0.25, 0.3) is 0 Å². The number of rotatable bonds is 5. The van der Waals surface area contributed by atoms with Crippen molar-refractivity contribution in [3.05, 3.63) is 71.4 Å². The number of methoxy groups -OCH3 is 1. The summed E-state index contributed by atoms with van der Waals surface area (Å²) in [7, 11) is 1.36. The molecule has 3 rings (SSSR count). The lowest BCUT2D eigenvalue weighted by Gasteiger charge is -2.11. The highest BCUT2D eigenvalue weighted by Crippen LogP contribution is 2.20. The number of anilines is 4. The van der Waals surface area contributed by atoms with Gasteiger partial charge < -0.3 is 15.4 Å². The van der Waals surface area contributed by atoms with E-state index in [1.165, 1.54) is 12.7 Å². The van der Waals surface area contributed by atoms with Gasteiger partial charge in [0, 0.05) is 23.1 Å². The Morgan fingerprint density at radius 1 is 0.923 bits per heavy atom. The fourth-order valence-electron chi connectivity index (χ4n) is 2.44. The van der Waals surface area contributed by atoms with Crippen molar-refractivity contribution in [1.82, 2.24) is 9.97 Å². The van der Waals surface area contributed by atoms with E-state index in [9.17, 15) is 4.79 Å². The predicted octanol–water partition coefficient (Wildman–Crippen LogP) is 4.37.